The number of aliphatic hydroxyl groups is 2. The predicted molar refractivity (Wildman–Crippen MR) is 263 cm³/mol. The third-order valence-corrected chi connectivity index (χ3v) is 4.56. The number of aliphatic carboxylic acids is 3. The normalized spacial score (nSPS) is 7.87. The number of carboxylic acids is 3. The smallest absolute Gasteiger partial charge is 0.305 e. The van der Waals surface area contributed by atoms with Crippen molar-refractivity contribution in [1.29, 1.82) is 0 Å². The number of carbonyl (C=O) groups is 9. The van der Waals surface area contributed by atoms with Crippen molar-refractivity contribution in [3.63, 3.8) is 0 Å². The standard InChI is InChI=1S/3C5H9NO3.2C4H9NO2.C4H6O2.9CH5N.2H2O/c3*1-6-4(7)2-3-5(8)9;2*1-5-4(7)2-3-6;5-4-2-1-3-6-4;9*1-2;;/h3*2-3H2,1H3,(H,6,7)(H,8,9);2*6H,2-3H2,1H3,(H,5,7);1-3H2;9*2H2,1H3;2*1H2. The molecule has 1 heterocycles. The molecule has 0 spiro atoms. The largest absolute Gasteiger partial charge is 0.481 e. The van der Waals surface area contributed by atoms with E-state index in [0.29, 0.717) is 13.0 Å². The number of amides is 5. The van der Waals surface area contributed by atoms with Gasteiger partial charge in [0.25, 0.3) is 0 Å². The Bertz CT molecular complexity index is 868. The molecule has 0 bridgehead atoms. The van der Waals surface area contributed by atoms with Gasteiger partial charge in [-0.25, -0.2) is 0 Å². The van der Waals surface area contributed by atoms with Crippen molar-refractivity contribution in [3.8, 4) is 0 Å². The molecule has 0 aliphatic carbocycles. The van der Waals surface area contributed by atoms with Gasteiger partial charge in [0.2, 0.25) is 29.5 Å². The Morgan fingerprint density at radius 3 is 0.657 bits per heavy atom. The fourth-order valence-corrected chi connectivity index (χ4v) is 1.96. The van der Waals surface area contributed by atoms with Crippen LogP contribution < -0.4 is 78.2 Å². The zero-order valence-electron chi connectivity index (χ0n) is 42.7. The summed E-state index contributed by atoms with van der Waals surface area (Å²) < 4.78 is 4.51. The maximum absolute atomic E-state index is 10.3. The van der Waals surface area contributed by atoms with Crippen LogP contribution >= 0.6 is 0 Å². The predicted octanol–water partition coefficient (Wildman–Crippen LogP) is -8.13. The topological polar surface area (TPSA) is 621 Å². The van der Waals surface area contributed by atoms with Gasteiger partial charge in [-0.15, -0.1) is 0 Å². The summed E-state index contributed by atoms with van der Waals surface area (Å²) in [6, 6.07) is 0. The number of hydrogen-bond acceptors (Lipinski definition) is 21. The Balaban J connectivity index is -0.0000000310. The second-order valence-electron chi connectivity index (χ2n) is 8.32. The van der Waals surface area contributed by atoms with E-state index in [0.717, 1.165) is 6.42 Å². The number of carbonyl (C=O) groups excluding carboxylic acids is 6. The lowest BCUT2D eigenvalue weighted by Gasteiger charge is -1.93. The first-order valence-electron chi connectivity index (χ1n) is 19.3. The number of carboxylic acid groups (broad SMARTS) is 3. The number of nitrogens with one attached hydrogen (secondary N) is 5. The van der Waals surface area contributed by atoms with Gasteiger partial charge in [-0.1, -0.05) is 0 Å². The van der Waals surface area contributed by atoms with E-state index in [2.05, 4.69) is 82.9 Å². The summed E-state index contributed by atoms with van der Waals surface area (Å²) in [6.45, 7) is 0.498. The first-order chi connectivity index (χ1) is 31.0. The van der Waals surface area contributed by atoms with Gasteiger partial charge in [-0.05, 0) is 69.8 Å². The zero-order valence-corrected chi connectivity index (χ0v) is 42.7. The van der Waals surface area contributed by atoms with Gasteiger partial charge in [0.15, 0.2) is 0 Å². The number of rotatable bonds is 13. The summed E-state index contributed by atoms with van der Waals surface area (Å²) in [5.41, 5.74) is 40.5. The molecule has 1 saturated heterocycles. The third-order valence-electron chi connectivity index (χ3n) is 4.56. The van der Waals surface area contributed by atoms with E-state index in [1.165, 1.54) is 98.7 Å². The summed E-state index contributed by atoms with van der Waals surface area (Å²) in [6.07, 6.45) is 1.84. The highest BCUT2D eigenvalue weighted by molar-refractivity contribution is 5.81. The molecule has 0 unspecified atom stereocenters. The molecule has 5 amide bonds. The average molecular weight is 1000 g/mol. The molecule has 67 heavy (non-hydrogen) atoms. The summed E-state index contributed by atoms with van der Waals surface area (Å²) >= 11 is 0. The van der Waals surface area contributed by atoms with Crippen LogP contribution in [0, 0.1) is 0 Å². The van der Waals surface area contributed by atoms with Crippen molar-refractivity contribution in [1.82, 2.24) is 26.6 Å². The van der Waals surface area contributed by atoms with Crippen LogP contribution in [-0.4, -0.2) is 208 Å². The van der Waals surface area contributed by atoms with Crippen molar-refractivity contribution in [3.05, 3.63) is 0 Å². The second-order valence-corrected chi connectivity index (χ2v) is 8.32. The molecule has 0 radical (unpaired) electrons. The highest BCUT2D eigenvalue weighted by atomic mass is 16.5. The first-order valence-corrected chi connectivity index (χ1v) is 19.3. The molecule has 0 aromatic carbocycles. The van der Waals surface area contributed by atoms with Gasteiger partial charge < -0.3 is 119 Å². The highest BCUT2D eigenvalue weighted by Gasteiger charge is 2.08. The molecule has 1 aliphatic rings. The van der Waals surface area contributed by atoms with Crippen molar-refractivity contribution in [2.24, 2.45) is 51.6 Å². The molecule has 32 N–H and O–H groups in total. The number of aliphatic hydroxyl groups excluding tert-OH is 2. The molecule has 31 nitrogen and oxygen atoms in total. The summed E-state index contributed by atoms with van der Waals surface area (Å²) in [5.74, 6) is -3.84. The van der Waals surface area contributed by atoms with Crippen molar-refractivity contribution >= 4 is 53.4 Å². The van der Waals surface area contributed by atoms with E-state index >= 15 is 0 Å². The van der Waals surface area contributed by atoms with Crippen LogP contribution in [0.4, 0.5) is 0 Å². The van der Waals surface area contributed by atoms with Crippen molar-refractivity contribution < 1.29 is 84.4 Å². The quantitative estimate of drug-likeness (QED) is 0.0762. The maximum Gasteiger partial charge on any atom is 0.305 e. The van der Waals surface area contributed by atoms with Crippen LogP contribution in [0.15, 0.2) is 0 Å². The molecular weight excluding hydrogens is 900 g/mol. The SMILES string of the molecule is CN.CN.CN.CN.CN.CN.CN.CN.CN.CNC(=O)CCC(=O)O.CNC(=O)CCC(=O)O.CNC(=O)CCC(=O)O.CNC(=O)CCO.CNC(=O)CCO.O.O.O=C1CCCO1. The average Bonchev–Trinajstić information content (AvgIpc) is 3.86. The maximum atomic E-state index is 10.3. The van der Waals surface area contributed by atoms with Crippen molar-refractivity contribution in [2.45, 2.75) is 64.2 Å². The van der Waals surface area contributed by atoms with E-state index in [9.17, 15) is 43.2 Å². The molecule has 0 saturated carbocycles. The van der Waals surface area contributed by atoms with Crippen LogP contribution in [0.2, 0.25) is 0 Å². The Kier molecular flexibility index (Phi) is 212. The van der Waals surface area contributed by atoms with E-state index in [4.69, 9.17) is 25.5 Å². The monoisotopic (exact) mass is 1000 g/mol. The Labute approximate surface area is 398 Å². The van der Waals surface area contributed by atoms with Gasteiger partial charge in [0.05, 0.1) is 39.1 Å². The Hall–Kier alpha value is -5.29. The minimum absolute atomic E-state index is 0. The lowest BCUT2D eigenvalue weighted by Crippen LogP contribution is -2.18. The number of ether oxygens (including phenoxy) is 1. The van der Waals surface area contributed by atoms with Crippen LogP contribution in [0.3, 0.4) is 0 Å². The number of nitrogens with two attached hydrogens (primary N) is 9. The molecule has 1 aliphatic heterocycles. The first kappa shape index (κ1) is 109. The number of esters is 1. The van der Waals surface area contributed by atoms with Crippen LogP contribution in [0.5, 0.6) is 0 Å². The lowest BCUT2D eigenvalue weighted by molar-refractivity contribution is -0.139. The molecule has 1 fully saturated rings. The molecule has 416 valence electrons. The fraction of sp³-hybridized carbons (Fsp3) is 0.750. The van der Waals surface area contributed by atoms with E-state index in [-0.39, 0.29) is 111 Å². The number of cyclic esters (lactones) is 1. The molecular formula is C36H100N14O17. The van der Waals surface area contributed by atoms with Gasteiger partial charge >= 0.3 is 23.9 Å². The molecule has 0 atom stereocenters. The lowest BCUT2D eigenvalue weighted by atomic mass is 10.3. The molecule has 0 aromatic heterocycles. The van der Waals surface area contributed by atoms with Crippen LogP contribution in [0.25, 0.3) is 0 Å². The molecule has 0 aromatic rings. The summed E-state index contributed by atoms with van der Waals surface area (Å²) in [7, 11) is 21.0. The highest BCUT2D eigenvalue weighted by Crippen LogP contribution is 2.01. The zero-order chi connectivity index (χ0) is 55.6. The van der Waals surface area contributed by atoms with E-state index in [1.807, 2.05) is 0 Å². The van der Waals surface area contributed by atoms with Gasteiger partial charge in [-0.2, -0.15) is 0 Å². The van der Waals surface area contributed by atoms with Crippen LogP contribution in [-0.2, 0) is 47.9 Å². The summed E-state index contributed by atoms with van der Waals surface area (Å²) in [4.78, 5) is 90.8. The molecule has 31 heteroatoms. The van der Waals surface area contributed by atoms with Crippen LogP contribution in [0.1, 0.15) is 64.2 Å². The number of hydrogen-bond donors (Lipinski definition) is 19. The minimum atomic E-state index is -0.946. The Morgan fingerprint density at radius 2 is 0.582 bits per heavy atom. The summed E-state index contributed by atoms with van der Waals surface area (Å²) in [5, 5.41) is 52.1. The molecule has 1 rings (SSSR count). The Morgan fingerprint density at radius 1 is 0.403 bits per heavy atom. The fourth-order valence-electron chi connectivity index (χ4n) is 1.96. The van der Waals surface area contributed by atoms with Gasteiger partial charge in [0, 0.05) is 73.8 Å². The third kappa shape index (κ3) is 196. The van der Waals surface area contributed by atoms with Gasteiger partial charge in [-0.3, -0.25) is 43.2 Å². The van der Waals surface area contributed by atoms with Gasteiger partial charge in [0.1, 0.15) is 0 Å². The second kappa shape index (κ2) is 131. The van der Waals surface area contributed by atoms with E-state index < -0.39 is 17.9 Å². The minimum Gasteiger partial charge on any atom is -0.481 e. The van der Waals surface area contributed by atoms with Crippen molar-refractivity contribution in [2.75, 3.05) is 118 Å². The van der Waals surface area contributed by atoms with E-state index in [1.54, 1.807) is 0 Å².